The van der Waals surface area contributed by atoms with Crippen LogP contribution in [0.2, 0.25) is 0 Å². The molecule has 0 aliphatic heterocycles. The number of hydrogen-bond acceptors (Lipinski definition) is 2. The van der Waals surface area contributed by atoms with Crippen LogP contribution >= 0.6 is 0 Å². The zero-order chi connectivity index (χ0) is 15.5. The fraction of sp³-hybridized carbons (Fsp3) is 0.867. The molecular formula is C15H30N2O3. The number of amides is 2. The maximum Gasteiger partial charge on any atom is 0.314 e. The third kappa shape index (κ3) is 9.64. The molecule has 0 saturated carbocycles. The summed E-state index contributed by atoms with van der Waals surface area (Å²) < 4.78 is 0. The molecule has 0 heterocycles. The monoisotopic (exact) mass is 286 g/mol. The van der Waals surface area contributed by atoms with Gasteiger partial charge in [0.25, 0.3) is 0 Å². The first-order chi connectivity index (χ1) is 9.36. The second-order valence-electron chi connectivity index (χ2n) is 5.82. The van der Waals surface area contributed by atoms with E-state index < -0.39 is 5.97 Å². The van der Waals surface area contributed by atoms with E-state index >= 15 is 0 Å². The fourth-order valence-corrected chi connectivity index (χ4v) is 2.27. The minimum atomic E-state index is -0.755. The van der Waals surface area contributed by atoms with Crippen LogP contribution in [-0.2, 0) is 4.79 Å². The van der Waals surface area contributed by atoms with Crippen LogP contribution < -0.4 is 10.6 Å². The second kappa shape index (κ2) is 10.5. The number of carbonyl (C=O) groups excluding carboxylic acids is 1. The zero-order valence-electron chi connectivity index (χ0n) is 13.2. The van der Waals surface area contributed by atoms with Gasteiger partial charge in [-0.2, -0.15) is 0 Å². The van der Waals surface area contributed by atoms with Gasteiger partial charge in [0.05, 0.1) is 0 Å². The summed E-state index contributed by atoms with van der Waals surface area (Å²) in [6.45, 7) is 8.86. The molecule has 0 aromatic carbocycles. The summed E-state index contributed by atoms with van der Waals surface area (Å²) in [6.07, 6.45) is 3.71. The molecule has 5 heteroatoms. The topological polar surface area (TPSA) is 78.4 Å². The molecule has 0 aromatic rings. The number of nitrogens with one attached hydrogen (secondary N) is 2. The normalized spacial score (nSPS) is 13.8. The summed E-state index contributed by atoms with van der Waals surface area (Å²) in [7, 11) is 0. The number of rotatable bonds is 10. The molecule has 0 radical (unpaired) electrons. The first-order valence-electron chi connectivity index (χ1n) is 7.62. The molecule has 0 aromatic heterocycles. The summed E-state index contributed by atoms with van der Waals surface area (Å²) in [5.41, 5.74) is 0. The highest BCUT2D eigenvalue weighted by molar-refractivity contribution is 5.74. The summed E-state index contributed by atoms with van der Waals surface area (Å²) >= 11 is 0. The Kier molecular flexibility index (Phi) is 9.86. The predicted octanol–water partition coefficient (Wildman–Crippen LogP) is 3.00. The van der Waals surface area contributed by atoms with Gasteiger partial charge in [-0.15, -0.1) is 0 Å². The third-order valence-corrected chi connectivity index (χ3v) is 3.57. The van der Waals surface area contributed by atoms with Crippen LogP contribution in [0.1, 0.15) is 59.8 Å². The molecule has 118 valence electrons. The van der Waals surface area contributed by atoms with Crippen molar-refractivity contribution in [3.8, 4) is 0 Å². The molecule has 20 heavy (non-hydrogen) atoms. The van der Waals surface area contributed by atoms with Crippen LogP contribution in [0, 0.1) is 11.8 Å². The quantitative estimate of drug-likeness (QED) is 0.577. The molecule has 0 aliphatic rings. The average molecular weight is 286 g/mol. The summed E-state index contributed by atoms with van der Waals surface area (Å²) in [4.78, 5) is 22.2. The van der Waals surface area contributed by atoms with Crippen molar-refractivity contribution >= 4 is 12.0 Å². The van der Waals surface area contributed by atoms with Crippen molar-refractivity contribution in [1.82, 2.24) is 10.6 Å². The smallest absolute Gasteiger partial charge is 0.314 e. The Bertz CT molecular complexity index is 293. The molecular weight excluding hydrogens is 256 g/mol. The minimum Gasteiger partial charge on any atom is -0.481 e. The maximum absolute atomic E-state index is 11.6. The molecule has 0 aliphatic carbocycles. The lowest BCUT2D eigenvalue weighted by molar-refractivity contribution is -0.137. The molecule has 0 saturated heterocycles. The minimum absolute atomic E-state index is 0.133. The SMILES string of the molecule is CCCC(C)NC(=O)NCCC(CCC(=O)O)C(C)C. The highest BCUT2D eigenvalue weighted by Crippen LogP contribution is 2.20. The number of aliphatic carboxylic acids is 1. The molecule has 2 amide bonds. The molecule has 0 fully saturated rings. The molecule has 0 spiro atoms. The standard InChI is InChI=1S/C15H30N2O3/c1-5-6-12(4)17-15(20)16-10-9-13(11(2)3)7-8-14(18)19/h11-13H,5-10H2,1-4H3,(H,18,19)(H2,16,17,20). The van der Waals surface area contributed by atoms with E-state index in [-0.39, 0.29) is 18.5 Å². The number of urea groups is 1. The number of hydrogen-bond donors (Lipinski definition) is 3. The summed E-state index contributed by atoms with van der Waals surface area (Å²) in [6, 6.07) is 0.0552. The van der Waals surface area contributed by atoms with Gasteiger partial charge < -0.3 is 15.7 Å². The van der Waals surface area contributed by atoms with Crippen molar-refractivity contribution < 1.29 is 14.7 Å². The molecule has 2 unspecified atom stereocenters. The molecule has 3 N–H and O–H groups in total. The van der Waals surface area contributed by atoms with Gasteiger partial charge in [-0.25, -0.2) is 4.79 Å². The highest BCUT2D eigenvalue weighted by Gasteiger charge is 2.15. The Balaban J connectivity index is 3.92. The Hall–Kier alpha value is -1.26. The number of carboxylic acids is 1. The Morgan fingerprint density at radius 1 is 1.10 bits per heavy atom. The van der Waals surface area contributed by atoms with Crippen molar-refractivity contribution in [2.45, 2.75) is 65.8 Å². The van der Waals surface area contributed by atoms with Gasteiger partial charge in [-0.05, 0) is 38.0 Å². The van der Waals surface area contributed by atoms with Gasteiger partial charge in [0.1, 0.15) is 0 Å². The third-order valence-electron chi connectivity index (χ3n) is 3.57. The number of carbonyl (C=O) groups is 2. The lowest BCUT2D eigenvalue weighted by Gasteiger charge is -2.20. The lowest BCUT2D eigenvalue weighted by Crippen LogP contribution is -2.41. The largest absolute Gasteiger partial charge is 0.481 e. The van der Waals surface area contributed by atoms with E-state index in [0.717, 1.165) is 19.3 Å². The van der Waals surface area contributed by atoms with E-state index in [4.69, 9.17) is 5.11 Å². The van der Waals surface area contributed by atoms with Crippen molar-refractivity contribution in [3.05, 3.63) is 0 Å². The van der Waals surface area contributed by atoms with Crippen LogP contribution in [0.25, 0.3) is 0 Å². The van der Waals surface area contributed by atoms with Crippen molar-refractivity contribution in [3.63, 3.8) is 0 Å². The highest BCUT2D eigenvalue weighted by atomic mass is 16.4. The molecule has 2 atom stereocenters. The first kappa shape index (κ1) is 18.7. The Morgan fingerprint density at radius 3 is 2.25 bits per heavy atom. The molecule has 0 bridgehead atoms. The van der Waals surface area contributed by atoms with E-state index in [9.17, 15) is 9.59 Å². The van der Waals surface area contributed by atoms with Gasteiger partial charge in [0.2, 0.25) is 0 Å². The van der Waals surface area contributed by atoms with Crippen molar-refractivity contribution in [2.75, 3.05) is 6.54 Å². The van der Waals surface area contributed by atoms with E-state index in [2.05, 4.69) is 31.4 Å². The zero-order valence-corrected chi connectivity index (χ0v) is 13.2. The van der Waals surface area contributed by atoms with Crippen molar-refractivity contribution in [1.29, 1.82) is 0 Å². The van der Waals surface area contributed by atoms with E-state index in [0.29, 0.717) is 24.8 Å². The second-order valence-corrected chi connectivity index (χ2v) is 5.82. The summed E-state index contributed by atoms with van der Waals surface area (Å²) in [5, 5.41) is 14.5. The van der Waals surface area contributed by atoms with Crippen LogP contribution in [0.4, 0.5) is 4.79 Å². The van der Waals surface area contributed by atoms with E-state index in [1.54, 1.807) is 0 Å². The van der Waals surface area contributed by atoms with Gasteiger partial charge in [-0.3, -0.25) is 4.79 Å². The van der Waals surface area contributed by atoms with E-state index in [1.807, 2.05) is 6.92 Å². The molecule has 5 nitrogen and oxygen atoms in total. The first-order valence-corrected chi connectivity index (χ1v) is 7.62. The molecule has 0 rings (SSSR count). The Morgan fingerprint density at radius 2 is 1.75 bits per heavy atom. The fourth-order valence-electron chi connectivity index (χ4n) is 2.27. The average Bonchev–Trinajstić information content (AvgIpc) is 2.32. The van der Waals surface area contributed by atoms with Crippen LogP contribution in [0.15, 0.2) is 0 Å². The van der Waals surface area contributed by atoms with Crippen LogP contribution in [0.5, 0.6) is 0 Å². The Labute approximate surface area is 122 Å². The number of carboxylic acid groups (broad SMARTS) is 1. The van der Waals surface area contributed by atoms with Crippen LogP contribution in [0.3, 0.4) is 0 Å². The van der Waals surface area contributed by atoms with Crippen LogP contribution in [-0.4, -0.2) is 29.7 Å². The van der Waals surface area contributed by atoms with Crippen molar-refractivity contribution in [2.24, 2.45) is 11.8 Å². The predicted molar refractivity (Wildman–Crippen MR) is 80.7 cm³/mol. The van der Waals surface area contributed by atoms with Gasteiger partial charge in [-0.1, -0.05) is 27.2 Å². The maximum atomic E-state index is 11.6. The van der Waals surface area contributed by atoms with Gasteiger partial charge >= 0.3 is 12.0 Å². The van der Waals surface area contributed by atoms with Gasteiger partial charge in [0, 0.05) is 19.0 Å². The lowest BCUT2D eigenvalue weighted by atomic mass is 9.88. The van der Waals surface area contributed by atoms with E-state index in [1.165, 1.54) is 0 Å². The van der Waals surface area contributed by atoms with Gasteiger partial charge in [0.15, 0.2) is 0 Å². The summed E-state index contributed by atoms with van der Waals surface area (Å²) in [5.74, 6) is 0.00688.